The molecule has 0 spiro atoms. The lowest BCUT2D eigenvalue weighted by Crippen LogP contribution is -2.12. The van der Waals surface area contributed by atoms with Crippen molar-refractivity contribution in [3.63, 3.8) is 0 Å². The number of aryl methyl sites for hydroxylation is 1. The zero-order chi connectivity index (χ0) is 19.0. The Balaban J connectivity index is 2.21. The summed E-state index contributed by atoms with van der Waals surface area (Å²) in [5.74, 6) is -0.896. The first-order valence-corrected chi connectivity index (χ1v) is 8.31. The molecule has 0 bridgehead atoms. The van der Waals surface area contributed by atoms with Crippen molar-refractivity contribution >= 4 is 23.2 Å². The summed E-state index contributed by atoms with van der Waals surface area (Å²) in [6, 6.07) is 8.15. The van der Waals surface area contributed by atoms with E-state index >= 15 is 0 Å². The highest BCUT2D eigenvalue weighted by Crippen LogP contribution is 2.36. The third-order valence-electron chi connectivity index (χ3n) is 3.96. The minimum atomic E-state index is -1.36. The van der Waals surface area contributed by atoms with Crippen LogP contribution in [0.25, 0.3) is 5.69 Å². The van der Waals surface area contributed by atoms with Gasteiger partial charge in [-0.25, -0.2) is 13.8 Å². The van der Waals surface area contributed by atoms with Crippen LogP contribution in [0.5, 0.6) is 5.75 Å². The van der Waals surface area contributed by atoms with Gasteiger partial charge in [-0.2, -0.15) is 0 Å². The predicted octanol–water partition coefficient (Wildman–Crippen LogP) is 4.86. The minimum absolute atomic E-state index is 0.0141. The van der Waals surface area contributed by atoms with E-state index in [0.29, 0.717) is 11.3 Å². The molecule has 2 aromatic carbocycles. The topological polar surface area (TPSA) is 47.3 Å². The Kier molecular flexibility index (Phi) is 5.18. The first-order valence-electron chi connectivity index (χ1n) is 7.55. The van der Waals surface area contributed by atoms with Gasteiger partial charge in [-0.1, -0.05) is 35.3 Å². The van der Waals surface area contributed by atoms with Crippen molar-refractivity contribution in [3.8, 4) is 11.4 Å². The summed E-state index contributed by atoms with van der Waals surface area (Å²) in [6.45, 7) is 1.53. The van der Waals surface area contributed by atoms with E-state index in [1.165, 1.54) is 26.2 Å². The number of aliphatic hydroxyl groups is 1. The minimum Gasteiger partial charge on any atom is -0.497 e. The zero-order valence-corrected chi connectivity index (χ0v) is 15.3. The number of hydrogen-bond acceptors (Lipinski definition) is 3. The van der Waals surface area contributed by atoms with Gasteiger partial charge >= 0.3 is 0 Å². The second-order valence-electron chi connectivity index (χ2n) is 5.53. The predicted molar refractivity (Wildman–Crippen MR) is 95.3 cm³/mol. The fourth-order valence-corrected chi connectivity index (χ4v) is 3.32. The molecule has 0 amide bonds. The standard InChI is InChI=1S/C18H14Cl2F2N2O2/c1-9-23-18(20)16(24(9)15-13(21)4-3-5-14(15)22)17(25)11-7-6-10(26-2)8-12(11)19/h3-8,17,25H,1-2H3. The average molecular weight is 399 g/mol. The summed E-state index contributed by atoms with van der Waals surface area (Å²) in [4.78, 5) is 4.05. The van der Waals surface area contributed by atoms with E-state index in [1.54, 1.807) is 12.1 Å². The molecule has 8 heteroatoms. The quantitative estimate of drug-likeness (QED) is 0.682. The smallest absolute Gasteiger partial charge is 0.154 e. The normalized spacial score (nSPS) is 12.3. The third kappa shape index (κ3) is 3.16. The monoisotopic (exact) mass is 398 g/mol. The maximum atomic E-state index is 14.3. The summed E-state index contributed by atoms with van der Waals surface area (Å²) in [7, 11) is 1.48. The van der Waals surface area contributed by atoms with Crippen molar-refractivity contribution in [1.82, 2.24) is 9.55 Å². The molecule has 0 saturated carbocycles. The van der Waals surface area contributed by atoms with Gasteiger partial charge in [0.2, 0.25) is 0 Å². The number of benzene rings is 2. The first-order chi connectivity index (χ1) is 12.3. The molecule has 1 N–H and O–H groups in total. The number of aromatic nitrogens is 2. The van der Waals surface area contributed by atoms with Crippen molar-refractivity contribution in [2.75, 3.05) is 7.11 Å². The van der Waals surface area contributed by atoms with Crippen LogP contribution >= 0.6 is 23.2 Å². The number of ether oxygens (including phenoxy) is 1. The molecule has 26 heavy (non-hydrogen) atoms. The Labute approximate surface area is 158 Å². The number of para-hydroxylation sites is 1. The molecule has 3 rings (SSSR count). The number of aliphatic hydroxyl groups excluding tert-OH is 1. The van der Waals surface area contributed by atoms with E-state index in [0.717, 1.165) is 16.7 Å². The molecule has 1 unspecified atom stereocenters. The van der Waals surface area contributed by atoms with E-state index in [1.807, 2.05) is 0 Å². The molecule has 0 saturated heterocycles. The average Bonchev–Trinajstić information content (AvgIpc) is 2.88. The van der Waals surface area contributed by atoms with Crippen LogP contribution in [-0.4, -0.2) is 21.8 Å². The van der Waals surface area contributed by atoms with Crippen LogP contribution in [0.1, 0.15) is 23.2 Å². The number of hydrogen-bond donors (Lipinski definition) is 1. The SMILES string of the molecule is COc1ccc(C(O)c2c(Cl)nc(C)n2-c2c(F)cccc2F)c(Cl)c1. The van der Waals surface area contributed by atoms with Gasteiger partial charge in [0.1, 0.15) is 35.0 Å². The Bertz CT molecular complexity index is 956. The summed E-state index contributed by atoms with van der Waals surface area (Å²) in [6.07, 6.45) is -1.36. The molecule has 3 aromatic rings. The van der Waals surface area contributed by atoms with Crippen molar-refractivity contribution in [3.05, 3.63) is 75.3 Å². The molecule has 0 aliphatic heterocycles. The number of rotatable bonds is 4. The van der Waals surface area contributed by atoms with Crippen molar-refractivity contribution in [2.45, 2.75) is 13.0 Å². The van der Waals surface area contributed by atoms with Crippen LogP contribution in [0.3, 0.4) is 0 Å². The fraction of sp³-hybridized carbons (Fsp3) is 0.167. The first kappa shape index (κ1) is 18.6. The Hall–Kier alpha value is -2.15. The molecule has 0 aliphatic rings. The van der Waals surface area contributed by atoms with Crippen LogP contribution in [-0.2, 0) is 0 Å². The highest BCUT2D eigenvalue weighted by molar-refractivity contribution is 6.32. The number of nitrogens with zero attached hydrogens (tertiary/aromatic N) is 2. The molecule has 1 aromatic heterocycles. The Morgan fingerprint density at radius 1 is 1.15 bits per heavy atom. The second kappa shape index (κ2) is 7.23. The number of halogens is 4. The summed E-state index contributed by atoms with van der Waals surface area (Å²) < 4.78 is 34.8. The molecule has 0 fully saturated rings. The molecular weight excluding hydrogens is 385 g/mol. The van der Waals surface area contributed by atoms with Gasteiger partial charge in [-0.05, 0) is 31.2 Å². The molecule has 1 heterocycles. The second-order valence-corrected chi connectivity index (χ2v) is 6.30. The van der Waals surface area contributed by atoms with Gasteiger partial charge in [-0.15, -0.1) is 0 Å². The number of imidazole rings is 1. The molecule has 0 aliphatic carbocycles. The van der Waals surface area contributed by atoms with E-state index in [2.05, 4.69) is 4.98 Å². The van der Waals surface area contributed by atoms with E-state index in [-0.39, 0.29) is 27.4 Å². The van der Waals surface area contributed by atoms with E-state index in [4.69, 9.17) is 27.9 Å². The molecule has 0 radical (unpaired) electrons. The molecule has 136 valence electrons. The van der Waals surface area contributed by atoms with Crippen LogP contribution in [0, 0.1) is 18.6 Å². The van der Waals surface area contributed by atoms with Crippen LogP contribution < -0.4 is 4.74 Å². The molecular formula is C18H14Cl2F2N2O2. The lowest BCUT2D eigenvalue weighted by atomic mass is 10.1. The van der Waals surface area contributed by atoms with Gasteiger partial charge in [0.05, 0.1) is 17.8 Å². The lowest BCUT2D eigenvalue weighted by molar-refractivity contribution is 0.213. The Morgan fingerprint density at radius 3 is 2.38 bits per heavy atom. The van der Waals surface area contributed by atoms with Gasteiger partial charge in [-0.3, -0.25) is 4.57 Å². The highest BCUT2D eigenvalue weighted by atomic mass is 35.5. The van der Waals surface area contributed by atoms with Crippen molar-refractivity contribution < 1.29 is 18.6 Å². The van der Waals surface area contributed by atoms with Crippen LogP contribution in [0.4, 0.5) is 8.78 Å². The highest BCUT2D eigenvalue weighted by Gasteiger charge is 2.27. The lowest BCUT2D eigenvalue weighted by Gasteiger charge is -2.18. The maximum absolute atomic E-state index is 14.3. The maximum Gasteiger partial charge on any atom is 0.154 e. The zero-order valence-electron chi connectivity index (χ0n) is 13.8. The molecule has 4 nitrogen and oxygen atoms in total. The third-order valence-corrected chi connectivity index (χ3v) is 4.56. The van der Waals surface area contributed by atoms with Crippen molar-refractivity contribution in [2.24, 2.45) is 0 Å². The van der Waals surface area contributed by atoms with Gasteiger partial charge in [0, 0.05) is 5.56 Å². The van der Waals surface area contributed by atoms with Crippen LogP contribution in [0.15, 0.2) is 36.4 Å². The largest absolute Gasteiger partial charge is 0.497 e. The summed E-state index contributed by atoms with van der Waals surface area (Å²) >= 11 is 12.4. The van der Waals surface area contributed by atoms with Crippen molar-refractivity contribution in [1.29, 1.82) is 0 Å². The molecule has 1 atom stereocenters. The van der Waals surface area contributed by atoms with Gasteiger partial charge < -0.3 is 9.84 Å². The Morgan fingerprint density at radius 2 is 1.81 bits per heavy atom. The summed E-state index contributed by atoms with van der Waals surface area (Å²) in [5.41, 5.74) is -0.0596. The fourth-order valence-electron chi connectivity index (χ4n) is 2.74. The van der Waals surface area contributed by atoms with E-state index in [9.17, 15) is 13.9 Å². The summed E-state index contributed by atoms with van der Waals surface area (Å²) in [5, 5.41) is 11.0. The van der Waals surface area contributed by atoms with Crippen LogP contribution in [0.2, 0.25) is 10.2 Å². The van der Waals surface area contributed by atoms with Gasteiger partial charge in [0.25, 0.3) is 0 Å². The van der Waals surface area contributed by atoms with E-state index < -0.39 is 17.7 Å². The number of methoxy groups -OCH3 is 1. The van der Waals surface area contributed by atoms with Gasteiger partial charge in [0.15, 0.2) is 5.15 Å².